The first-order chi connectivity index (χ1) is 15.3. The molecule has 8 heteroatoms. The Labute approximate surface area is 183 Å². The second-order valence-electron chi connectivity index (χ2n) is 7.45. The van der Waals surface area contributed by atoms with Gasteiger partial charge in [0.2, 0.25) is 0 Å². The maximum atomic E-state index is 13.0. The average Bonchev–Trinajstić information content (AvgIpc) is 3.53. The Hall–Kier alpha value is -2.84. The van der Waals surface area contributed by atoms with Crippen molar-refractivity contribution < 1.29 is 13.9 Å². The minimum Gasteiger partial charge on any atom is -0.493 e. The van der Waals surface area contributed by atoms with Crippen LogP contribution in [0.15, 0.2) is 59.9 Å². The number of thioether (sulfide) groups is 1. The van der Waals surface area contributed by atoms with Crippen molar-refractivity contribution in [2.24, 2.45) is 0 Å². The van der Waals surface area contributed by atoms with Gasteiger partial charge in [-0.15, -0.1) is 10.2 Å². The zero-order valence-electron chi connectivity index (χ0n) is 17.0. The van der Waals surface area contributed by atoms with Crippen LogP contribution in [0.25, 0.3) is 22.3 Å². The van der Waals surface area contributed by atoms with Crippen LogP contribution in [-0.4, -0.2) is 44.8 Å². The summed E-state index contributed by atoms with van der Waals surface area (Å²) in [5.74, 6) is 1.93. The molecule has 3 heterocycles. The van der Waals surface area contributed by atoms with Crippen LogP contribution in [0.2, 0.25) is 0 Å². The summed E-state index contributed by atoms with van der Waals surface area (Å²) < 4.78 is 26.8. The number of nitrogens with zero attached hydrogens (tertiary/aromatic N) is 3. The Morgan fingerprint density at radius 1 is 1.16 bits per heavy atom. The van der Waals surface area contributed by atoms with Crippen molar-refractivity contribution in [3.8, 4) is 17.1 Å². The van der Waals surface area contributed by atoms with Crippen LogP contribution in [0.3, 0.4) is 0 Å². The van der Waals surface area contributed by atoms with Crippen molar-refractivity contribution >= 4 is 22.7 Å². The molecule has 160 valence electrons. The molecule has 1 aliphatic heterocycles. The number of rotatable bonds is 8. The molecule has 1 fully saturated rings. The average molecular weight is 439 g/mol. The number of H-pyrrole nitrogens is 1. The summed E-state index contributed by atoms with van der Waals surface area (Å²) in [5, 5.41) is 11.0. The summed E-state index contributed by atoms with van der Waals surface area (Å²) >= 11 is 1.60. The monoisotopic (exact) mass is 438 g/mol. The molecule has 2 aromatic heterocycles. The minimum atomic E-state index is -0.270. The fraction of sp³-hybridized carbons (Fsp3) is 0.304. The second-order valence-corrected chi connectivity index (χ2v) is 8.51. The Kier molecular flexibility index (Phi) is 5.90. The van der Waals surface area contributed by atoms with E-state index in [1.807, 2.05) is 18.3 Å². The number of aromatic nitrogens is 4. The van der Waals surface area contributed by atoms with Crippen LogP contribution in [0.4, 0.5) is 4.39 Å². The highest BCUT2D eigenvalue weighted by atomic mass is 32.2. The predicted octanol–water partition coefficient (Wildman–Crippen LogP) is 4.92. The maximum absolute atomic E-state index is 13.0. The molecule has 2 aromatic carbocycles. The van der Waals surface area contributed by atoms with Gasteiger partial charge in [0, 0.05) is 35.0 Å². The SMILES string of the molecule is Fc1ccc(OCCSc2nnc(-c3c[nH]c4ccccc34)n2CC2CCCO2)cc1. The lowest BCUT2D eigenvalue weighted by Gasteiger charge is -2.14. The van der Waals surface area contributed by atoms with Gasteiger partial charge in [-0.3, -0.25) is 4.57 Å². The molecule has 1 atom stereocenters. The molecule has 1 aliphatic rings. The number of benzene rings is 2. The molecule has 0 saturated carbocycles. The van der Waals surface area contributed by atoms with Crippen molar-refractivity contribution in [3.05, 3.63) is 60.5 Å². The molecule has 1 N–H and O–H groups in total. The van der Waals surface area contributed by atoms with Crippen LogP contribution in [0.1, 0.15) is 12.8 Å². The summed E-state index contributed by atoms with van der Waals surface area (Å²) in [6.07, 6.45) is 4.30. The zero-order valence-corrected chi connectivity index (χ0v) is 17.8. The fourth-order valence-corrected chi connectivity index (χ4v) is 4.60. The van der Waals surface area contributed by atoms with E-state index in [-0.39, 0.29) is 11.9 Å². The zero-order chi connectivity index (χ0) is 21.0. The van der Waals surface area contributed by atoms with E-state index in [1.54, 1.807) is 23.9 Å². The summed E-state index contributed by atoms with van der Waals surface area (Å²) in [6, 6.07) is 14.3. The van der Waals surface area contributed by atoms with Gasteiger partial charge in [-0.05, 0) is 43.2 Å². The Balaban J connectivity index is 1.34. The predicted molar refractivity (Wildman–Crippen MR) is 119 cm³/mol. The van der Waals surface area contributed by atoms with E-state index in [0.29, 0.717) is 18.1 Å². The number of halogens is 1. The van der Waals surface area contributed by atoms with E-state index in [2.05, 4.69) is 31.9 Å². The maximum Gasteiger partial charge on any atom is 0.191 e. The van der Waals surface area contributed by atoms with Gasteiger partial charge >= 0.3 is 0 Å². The standard InChI is InChI=1S/C23H23FN4O2S/c24-16-7-9-17(10-8-16)30-12-13-31-23-27-26-22(28(23)15-18-4-3-11-29-18)20-14-25-21-6-2-1-5-19(20)21/h1-2,5-10,14,18,25H,3-4,11-13,15H2. The smallest absolute Gasteiger partial charge is 0.191 e. The Morgan fingerprint density at radius 3 is 2.87 bits per heavy atom. The highest BCUT2D eigenvalue weighted by molar-refractivity contribution is 7.99. The fourth-order valence-electron chi connectivity index (χ4n) is 3.83. The largest absolute Gasteiger partial charge is 0.493 e. The van der Waals surface area contributed by atoms with Gasteiger partial charge < -0.3 is 14.5 Å². The lowest BCUT2D eigenvalue weighted by atomic mass is 10.1. The lowest BCUT2D eigenvalue weighted by molar-refractivity contribution is 0.0953. The summed E-state index contributed by atoms with van der Waals surface area (Å²) in [7, 11) is 0. The third kappa shape index (κ3) is 4.45. The van der Waals surface area contributed by atoms with Crippen LogP contribution >= 0.6 is 11.8 Å². The van der Waals surface area contributed by atoms with Crippen molar-refractivity contribution in [2.75, 3.05) is 19.0 Å². The van der Waals surface area contributed by atoms with Gasteiger partial charge in [0.05, 0.1) is 19.3 Å². The van der Waals surface area contributed by atoms with Crippen LogP contribution in [0, 0.1) is 5.82 Å². The third-order valence-corrected chi connectivity index (χ3v) is 6.29. The van der Waals surface area contributed by atoms with Crippen molar-refractivity contribution in [1.29, 1.82) is 0 Å². The van der Waals surface area contributed by atoms with Crippen LogP contribution in [-0.2, 0) is 11.3 Å². The second kappa shape index (κ2) is 9.11. The molecule has 0 amide bonds. The number of aromatic amines is 1. The topological polar surface area (TPSA) is 65.0 Å². The van der Waals surface area contributed by atoms with Crippen LogP contribution in [0.5, 0.6) is 5.75 Å². The molecule has 31 heavy (non-hydrogen) atoms. The van der Waals surface area contributed by atoms with Gasteiger partial charge in [-0.25, -0.2) is 4.39 Å². The van der Waals surface area contributed by atoms with E-state index in [4.69, 9.17) is 9.47 Å². The highest BCUT2D eigenvalue weighted by Crippen LogP contribution is 2.31. The molecule has 4 aromatic rings. The van der Waals surface area contributed by atoms with Crippen LogP contribution < -0.4 is 4.74 Å². The molecular formula is C23H23FN4O2S. The molecule has 5 rings (SSSR count). The lowest BCUT2D eigenvalue weighted by Crippen LogP contribution is -2.17. The van der Waals surface area contributed by atoms with Crippen molar-refractivity contribution in [1.82, 2.24) is 19.7 Å². The van der Waals surface area contributed by atoms with Crippen molar-refractivity contribution in [3.63, 3.8) is 0 Å². The van der Waals surface area contributed by atoms with E-state index >= 15 is 0 Å². The molecule has 0 aliphatic carbocycles. The first-order valence-electron chi connectivity index (χ1n) is 10.4. The van der Waals surface area contributed by atoms with E-state index < -0.39 is 0 Å². The first-order valence-corrected chi connectivity index (χ1v) is 11.4. The minimum absolute atomic E-state index is 0.176. The molecule has 0 bridgehead atoms. The van der Waals surface area contributed by atoms with Gasteiger partial charge in [0.15, 0.2) is 11.0 Å². The number of hydrogen-bond acceptors (Lipinski definition) is 5. The molecule has 6 nitrogen and oxygen atoms in total. The normalized spacial score (nSPS) is 16.2. The van der Waals surface area contributed by atoms with E-state index in [9.17, 15) is 4.39 Å². The number of hydrogen-bond donors (Lipinski definition) is 1. The molecular weight excluding hydrogens is 415 g/mol. The molecule has 1 saturated heterocycles. The number of ether oxygens (including phenoxy) is 2. The summed E-state index contributed by atoms with van der Waals surface area (Å²) in [6.45, 7) is 2.03. The van der Waals surface area contributed by atoms with Gasteiger partial charge in [-0.2, -0.15) is 0 Å². The Morgan fingerprint density at radius 2 is 2.03 bits per heavy atom. The third-order valence-electron chi connectivity index (χ3n) is 5.35. The number of fused-ring (bicyclic) bond motifs is 1. The summed E-state index contributed by atoms with van der Waals surface area (Å²) in [5.41, 5.74) is 2.11. The molecule has 0 spiro atoms. The Bertz CT molecular complexity index is 1150. The quantitative estimate of drug-likeness (QED) is 0.313. The summed E-state index contributed by atoms with van der Waals surface area (Å²) in [4.78, 5) is 3.33. The first kappa shape index (κ1) is 20.1. The highest BCUT2D eigenvalue weighted by Gasteiger charge is 2.23. The number of para-hydroxylation sites is 1. The van der Waals surface area contributed by atoms with Gasteiger partial charge in [-0.1, -0.05) is 30.0 Å². The van der Waals surface area contributed by atoms with Gasteiger partial charge in [0.25, 0.3) is 0 Å². The molecule has 0 radical (unpaired) electrons. The van der Waals surface area contributed by atoms with E-state index in [0.717, 1.165) is 53.4 Å². The van der Waals surface area contributed by atoms with Gasteiger partial charge in [0.1, 0.15) is 11.6 Å². The molecule has 1 unspecified atom stereocenters. The van der Waals surface area contributed by atoms with Crippen molar-refractivity contribution in [2.45, 2.75) is 30.6 Å². The number of nitrogens with one attached hydrogen (secondary N) is 1. The van der Waals surface area contributed by atoms with E-state index in [1.165, 1.54) is 12.1 Å².